The Morgan fingerprint density at radius 3 is 2.82 bits per heavy atom. The fourth-order valence-electron chi connectivity index (χ4n) is 2.66. The van der Waals surface area contributed by atoms with E-state index in [9.17, 15) is 4.79 Å². The van der Waals surface area contributed by atoms with Gasteiger partial charge in [0.2, 0.25) is 5.89 Å². The van der Waals surface area contributed by atoms with E-state index in [0.29, 0.717) is 39.1 Å². The number of hydrogen-bond acceptors (Lipinski definition) is 5. The number of fused-ring (bicyclic) bond motifs is 1. The molecule has 6 nitrogen and oxygen atoms in total. The quantitative estimate of drug-likeness (QED) is 0.523. The van der Waals surface area contributed by atoms with Gasteiger partial charge in [0.15, 0.2) is 12.2 Å². The summed E-state index contributed by atoms with van der Waals surface area (Å²) in [4.78, 5) is 20.7. The SMILES string of the molecule is Cc1ccccc1OCC(=O)Nc1ccc(-c2nc3cc(Cl)ccc3o2)cn1. The fraction of sp³-hybridized carbons (Fsp3) is 0.0952. The first-order valence-electron chi connectivity index (χ1n) is 8.59. The predicted molar refractivity (Wildman–Crippen MR) is 108 cm³/mol. The zero-order chi connectivity index (χ0) is 19.5. The molecule has 4 aromatic rings. The van der Waals surface area contributed by atoms with Crippen molar-refractivity contribution < 1.29 is 13.9 Å². The third-order valence-electron chi connectivity index (χ3n) is 4.08. The summed E-state index contributed by atoms with van der Waals surface area (Å²) in [5.74, 6) is 1.24. The van der Waals surface area contributed by atoms with Crippen LogP contribution in [0.25, 0.3) is 22.6 Å². The smallest absolute Gasteiger partial charge is 0.263 e. The molecule has 2 aromatic heterocycles. The Balaban J connectivity index is 1.41. The van der Waals surface area contributed by atoms with E-state index >= 15 is 0 Å². The molecule has 0 fully saturated rings. The molecule has 0 atom stereocenters. The third kappa shape index (κ3) is 3.97. The normalized spacial score (nSPS) is 10.8. The average Bonchev–Trinajstić information content (AvgIpc) is 3.11. The summed E-state index contributed by atoms with van der Waals surface area (Å²) in [6.45, 7) is 1.83. The number of pyridine rings is 1. The largest absolute Gasteiger partial charge is 0.483 e. The maximum Gasteiger partial charge on any atom is 0.263 e. The van der Waals surface area contributed by atoms with Crippen LogP contribution in [0.5, 0.6) is 5.75 Å². The summed E-state index contributed by atoms with van der Waals surface area (Å²) in [5.41, 5.74) is 2.98. The first-order valence-corrected chi connectivity index (χ1v) is 8.97. The lowest BCUT2D eigenvalue weighted by Gasteiger charge is -2.09. The number of nitrogens with zero attached hydrogens (tertiary/aromatic N) is 2. The number of halogens is 1. The van der Waals surface area contributed by atoms with E-state index in [0.717, 1.165) is 5.56 Å². The Morgan fingerprint density at radius 1 is 1.18 bits per heavy atom. The molecule has 0 unspecified atom stereocenters. The van der Waals surface area contributed by atoms with Gasteiger partial charge in [0.25, 0.3) is 5.91 Å². The van der Waals surface area contributed by atoms with Crippen LogP contribution in [0.15, 0.2) is 65.2 Å². The average molecular weight is 394 g/mol. The molecule has 0 saturated heterocycles. The first-order chi connectivity index (χ1) is 13.6. The van der Waals surface area contributed by atoms with Crippen LogP contribution in [0, 0.1) is 6.92 Å². The molecule has 0 saturated carbocycles. The zero-order valence-corrected chi connectivity index (χ0v) is 15.7. The highest BCUT2D eigenvalue weighted by molar-refractivity contribution is 6.31. The number of para-hydroxylation sites is 1. The van der Waals surface area contributed by atoms with Gasteiger partial charge in [0.05, 0.1) is 5.56 Å². The number of aryl methyl sites for hydroxylation is 1. The Hall–Kier alpha value is -3.38. The molecule has 0 aliphatic heterocycles. The van der Waals surface area contributed by atoms with Gasteiger partial charge in [-0.15, -0.1) is 0 Å². The number of ether oxygens (including phenoxy) is 1. The molecular weight excluding hydrogens is 378 g/mol. The second kappa shape index (κ2) is 7.70. The third-order valence-corrected chi connectivity index (χ3v) is 4.31. The van der Waals surface area contributed by atoms with Gasteiger partial charge in [0, 0.05) is 11.2 Å². The number of oxazole rings is 1. The minimum absolute atomic E-state index is 0.0971. The lowest BCUT2D eigenvalue weighted by molar-refractivity contribution is -0.118. The van der Waals surface area contributed by atoms with Gasteiger partial charge in [-0.25, -0.2) is 9.97 Å². The topological polar surface area (TPSA) is 77.2 Å². The lowest BCUT2D eigenvalue weighted by Crippen LogP contribution is -2.20. The monoisotopic (exact) mass is 393 g/mol. The number of aromatic nitrogens is 2. The van der Waals surface area contributed by atoms with E-state index in [1.54, 1.807) is 36.5 Å². The Labute approximate surface area is 166 Å². The van der Waals surface area contributed by atoms with Crippen molar-refractivity contribution in [2.75, 3.05) is 11.9 Å². The number of benzene rings is 2. The van der Waals surface area contributed by atoms with E-state index < -0.39 is 0 Å². The molecule has 1 amide bonds. The van der Waals surface area contributed by atoms with Crippen LogP contribution >= 0.6 is 11.6 Å². The number of amides is 1. The van der Waals surface area contributed by atoms with Crippen molar-refractivity contribution in [2.24, 2.45) is 0 Å². The van der Waals surface area contributed by atoms with E-state index in [-0.39, 0.29) is 12.5 Å². The highest BCUT2D eigenvalue weighted by atomic mass is 35.5. The van der Waals surface area contributed by atoms with E-state index in [1.165, 1.54) is 0 Å². The van der Waals surface area contributed by atoms with Crippen LogP contribution in [0.1, 0.15) is 5.56 Å². The summed E-state index contributed by atoms with van der Waals surface area (Å²) in [5, 5.41) is 3.29. The first kappa shape index (κ1) is 18.0. The van der Waals surface area contributed by atoms with Gasteiger partial charge in [0.1, 0.15) is 17.1 Å². The highest BCUT2D eigenvalue weighted by Crippen LogP contribution is 2.26. The maximum atomic E-state index is 12.1. The molecule has 0 aliphatic carbocycles. The van der Waals surface area contributed by atoms with Crippen molar-refractivity contribution in [3.05, 3.63) is 71.4 Å². The van der Waals surface area contributed by atoms with Crippen LogP contribution in [-0.2, 0) is 4.79 Å². The molecular formula is C21H16ClN3O3. The molecule has 28 heavy (non-hydrogen) atoms. The molecule has 140 valence electrons. The second-order valence-electron chi connectivity index (χ2n) is 6.17. The van der Waals surface area contributed by atoms with Gasteiger partial charge in [-0.3, -0.25) is 4.79 Å². The minimum atomic E-state index is -0.292. The van der Waals surface area contributed by atoms with E-state index in [1.807, 2.05) is 31.2 Å². The fourth-order valence-corrected chi connectivity index (χ4v) is 2.83. The molecule has 2 heterocycles. The van der Waals surface area contributed by atoms with E-state index in [2.05, 4.69) is 15.3 Å². The van der Waals surface area contributed by atoms with Crippen LogP contribution in [0.4, 0.5) is 5.82 Å². The van der Waals surface area contributed by atoms with Gasteiger partial charge < -0.3 is 14.5 Å². The maximum absolute atomic E-state index is 12.1. The molecule has 0 radical (unpaired) electrons. The van der Waals surface area contributed by atoms with Crippen molar-refractivity contribution in [1.82, 2.24) is 9.97 Å². The number of rotatable bonds is 5. The van der Waals surface area contributed by atoms with Crippen LogP contribution in [-0.4, -0.2) is 22.5 Å². The number of anilines is 1. The van der Waals surface area contributed by atoms with Crippen molar-refractivity contribution in [3.8, 4) is 17.2 Å². The van der Waals surface area contributed by atoms with Gasteiger partial charge in [-0.1, -0.05) is 29.8 Å². The Morgan fingerprint density at radius 2 is 2.04 bits per heavy atom. The molecule has 4 rings (SSSR count). The molecule has 7 heteroatoms. The zero-order valence-electron chi connectivity index (χ0n) is 15.0. The predicted octanol–water partition coefficient (Wildman–Crippen LogP) is 4.87. The molecule has 0 aliphatic rings. The van der Waals surface area contributed by atoms with Crippen LogP contribution in [0.3, 0.4) is 0 Å². The molecule has 1 N–H and O–H groups in total. The van der Waals surface area contributed by atoms with Crippen molar-refractivity contribution in [3.63, 3.8) is 0 Å². The standard InChI is InChI=1S/C21H16ClN3O3/c1-13-4-2-3-5-17(13)27-12-20(26)25-19-9-6-14(11-23-19)21-24-16-10-15(22)7-8-18(16)28-21/h2-11H,12H2,1H3,(H,23,25,26). The molecule has 2 aromatic carbocycles. The summed E-state index contributed by atoms with van der Waals surface area (Å²) >= 11 is 5.97. The molecule has 0 bridgehead atoms. The van der Waals surface area contributed by atoms with Gasteiger partial charge >= 0.3 is 0 Å². The van der Waals surface area contributed by atoms with Gasteiger partial charge in [-0.2, -0.15) is 0 Å². The lowest BCUT2D eigenvalue weighted by atomic mass is 10.2. The minimum Gasteiger partial charge on any atom is -0.483 e. The number of nitrogens with one attached hydrogen (secondary N) is 1. The Kier molecular flexibility index (Phi) is 4.95. The summed E-state index contributed by atoms with van der Waals surface area (Å²) in [6.07, 6.45) is 1.59. The van der Waals surface area contributed by atoms with Crippen molar-refractivity contribution in [1.29, 1.82) is 0 Å². The second-order valence-corrected chi connectivity index (χ2v) is 6.60. The van der Waals surface area contributed by atoms with E-state index in [4.69, 9.17) is 20.8 Å². The molecule has 0 spiro atoms. The Bertz CT molecular complexity index is 1140. The summed E-state index contributed by atoms with van der Waals surface area (Å²) < 4.78 is 11.2. The highest BCUT2D eigenvalue weighted by Gasteiger charge is 2.10. The number of carbonyl (C=O) groups excluding carboxylic acids is 1. The number of carbonyl (C=O) groups is 1. The van der Waals surface area contributed by atoms with Gasteiger partial charge in [-0.05, 0) is 48.9 Å². The van der Waals surface area contributed by atoms with Crippen LogP contribution < -0.4 is 10.1 Å². The summed E-state index contributed by atoms with van der Waals surface area (Å²) in [6, 6.07) is 16.2. The van der Waals surface area contributed by atoms with Crippen molar-refractivity contribution in [2.45, 2.75) is 6.92 Å². The van der Waals surface area contributed by atoms with Crippen LogP contribution in [0.2, 0.25) is 5.02 Å². The van der Waals surface area contributed by atoms with Crippen molar-refractivity contribution >= 4 is 34.4 Å². The number of hydrogen-bond donors (Lipinski definition) is 1. The summed E-state index contributed by atoms with van der Waals surface area (Å²) in [7, 11) is 0.